The third-order valence-electron chi connectivity index (χ3n) is 4.97. The predicted molar refractivity (Wildman–Crippen MR) is 92.3 cm³/mol. The summed E-state index contributed by atoms with van der Waals surface area (Å²) in [6.45, 7) is -0.0267. The van der Waals surface area contributed by atoms with Gasteiger partial charge in [-0.15, -0.1) is 0 Å². The fraction of sp³-hybridized carbons (Fsp3) is 0.286. The van der Waals surface area contributed by atoms with Crippen molar-refractivity contribution in [2.75, 3.05) is 6.79 Å². The molecule has 0 saturated heterocycles. The topological polar surface area (TPSA) is 35.5 Å². The summed E-state index contributed by atoms with van der Waals surface area (Å²) in [5, 5.41) is 0. The van der Waals surface area contributed by atoms with Crippen molar-refractivity contribution in [3.63, 3.8) is 0 Å². The minimum Gasteiger partial charge on any atom is -0.457 e. The summed E-state index contributed by atoms with van der Waals surface area (Å²) in [4.78, 5) is 12.1. The van der Waals surface area contributed by atoms with Crippen molar-refractivity contribution in [2.24, 2.45) is 17.8 Å². The molecule has 2 aliphatic rings. The normalized spacial score (nSPS) is 24.1. The fourth-order valence-electron chi connectivity index (χ4n) is 3.69. The lowest BCUT2D eigenvalue weighted by molar-refractivity contribution is -0.156. The van der Waals surface area contributed by atoms with E-state index in [1.807, 2.05) is 42.5 Å². The molecule has 3 nitrogen and oxygen atoms in total. The van der Waals surface area contributed by atoms with Gasteiger partial charge in [0.15, 0.2) is 0 Å². The highest BCUT2D eigenvalue weighted by Crippen LogP contribution is 2.43. The number of hydrogen-bond acceptors (Lipinski definition) is 3. The van der Waals surface area contributed by atoms with Crippen LogP contribution in [0.4, 0.5) is 0 Å². The molecule has 0 radical (unpaired) electrons. The Morgan fingerprint density at radius 2 is 1.67 bits per heavy atom. The molecule has 0 heterocycles. The van der Waals surface area contributed by atoms with Crippen LogP contribution in [0.15, 0.2) is 66.7 Å². The third kappa shape index (κ3) is 3.07. The summed E-state index contributed by atoms with van der Waals surface area (Å²) >= 11 is 0. The molecule has 0 aliphatic heterocycles. The Morgan fingerprint density at radius 3 is 2.33 bits per heavy atom. The van der Waals surface area contributed by atoms with Crippen LogP contribution in [-0.4, -0.2) is 12.8 Å². The Hall–Kier alpha value is -2.55. The molecular formula is C21H20O3. The molecule has 1 fully saturated rings. The first-order chi connectivity index (χ1) is 11.8. The van der Waals surface area contributed by atoms with E-state index in [1.165, 1.54) is 5.56 Å². The average molecular weight is 320 g/mol. The molecule has 3 unspecified atom stereocenters. The van der Waals surface area contributed by atoms with Crippen molar-refractivity contribution in [3.05, 3.63) is 66.7 Å². The zero-order chi connectivity index (χ0) is 16.4. The fourth-order valence-corrected chi connectivity index (χ4v) is 3.69. The number of allylic oxidation sites excluding steroid dienone is 2. The standard InChI is InChI=1S/C21H20O3/c22-21(20-13-15-6-7-18(20)12-15)24-14-23-19-10-8-17(9-11-19)16-4-2-1-3-5-16/h1-11,15,18,20H,12-14H2. The molecule has 0 amide bonds. The highest BCUT2D eigenvalue weighted by molar-refractivity contribution is 5.74. The molecule has 0 N–H and O–H groups in total. The van der Waals surface area contributed by atoms with Gasteiger partial charge >= 0.3 is 5.97 Å². The predicted octanol–water partition coefficient (Wildman–Crippen LogP) is 4.45. The highest BCUT2D eigenvalue weighted by atomic mass is 16.7. The van der Waals surface area contributed by atoms with Crippen LogP contribution in [0.3, 0.4) is 0 Å². The molecule has 2 aromatic rings. The monoisotopic (exact) mass is 320 g/mol. The molecular weight excluding hydrogens is 300 g/mol. The van der Waals surface area contributed by atoms with Gasteiger partial charge in [0, 0.05) is 0 Å². The van der Waals surface area contributed by atoms with Crippen LogP contribution in [0.5, 0.6) is 5.75 Å². The van der Waals surface area contributed by atoms with Crippen LogP contribution in [0, 0.1) is 17.8 Å². The largest absolute Gasteiger partial charge is 0.457 e. The summed E-state index contributed by atoms with van der Waals surface area (Å²) in [5.74, 6) is 1.53. The minimum atomic E-state index is -0.132. The number of fused-ring (bicyclic) bond motifs is 2. The molecule has 1 saturated carbocycles. The number of hydrogen-bond donors (Lipinski definition) is 0. The number of carbonyl (C=O) groups excluding carboxylic acids is 1. The Balaban J connectivity index is 1.29. The van der Waals surface area contributed by atoms with Gasteiger partial charge in [0.05, 0.1) is 5.92 Å². The van der Waals surface area contributed by atoms with Crippen LogP contribution in [0.1, 0.15) is 12.8 Å². The Kier molecular flexibility index (Phi) is 4.08. The molecule has 4 rings (SSSR count). The van der Waals surface area contributed by atoms with Crippen LogP contribution < -0.4 is 4.74 Å². The van der Waals surface area contributed by atoms with Gasteiger partial charge in [-0.05, 0) is 47.9 Å². The van der Waals surface area contributed by atoms with E-state index >= 15 is 0 Å². The Bertz CT molecular complexity index is 733. The molecule has 0 aromatic heterocycles. The smallest absolute Gasteiger partial charge is 0.312 e. The van der Waals surface area contributed by atoms with E-state index in [1.54, 1.807) is 0 Å². The third-order valence-corrected chi connectivity index (χ3v) is 4.97. The van der Waals surface area contributed by atoms with Crippen LogP contribution in [0.2, 0.25) is 0 Å². The van der Waals surface area contributed by atoms with Gasteiger partial charge in [-0.25, -0.2) is 0 Å². The van der Waals surface area contributed by atoms with Crippen molar-refractivity contribution in [3.8, 4) is 16.9 Å². The number of esters is 1. The zero-order valence-corrected chi connectivity index (χ0v) is 13.4. The second-order valence-electron chi connectivity index (χ2n) is 6.50. The van der Waals surface area contributed by atoms with Crippen LogP contribution in [0.25, 0.3) is 11.1 Å². The van der Waals surface area contributed by atoms with Crippen LogP contribution in [-0.2, 0) is 9.53 Å². The van der Waals surface area contributed by atoms with Crippen molar-refractivity contribution in [1.82, 2.24) is 0 Å². The van der Waals surface area contributed by atoms with E-state index in [-0.39, 0.29) is 18.7 Å². The van der Waals surface area contributed by atoms with E-state index < -0.39 is 0 Å². The zero-order valence-electron chi connectivity index (χ0n) is 13.4. The maximum absolute atomic E-state index is 12.1. The van der Waals surface area contributed by atoms with Crippen molar-refractivity contribution in [1.29, 1.82) is 0 Å². The summed E-state index contributed by atoms with van der Waals surface area (Å²) in [6.07, 6.45) is 6.40. The first-order valence-corrected chi connectivity index (χ1v) is 8.43. The first kappa shape index (κ1) is 15.0. The van der Waals surface area contributed by atoms with Gasteiger partial charge in [0.25, 0.3) is 0 Å². The van der Waals surface area contributed by atoms with Gasteiger partial charge in [-0.3, -0.25) is 4.79 Å². The molecule has 3 atom stereocenters. The lowest BCUT2D eigenvalue weighted by Crippen LogP contribution is -2.23. The SMILES string of the molecule is O=C(OCOc1ccc(-c2ccccc2)cc1)C1CC2C=CC1C2. The lowest BCUT2D eigenvalue weighted by Gasteiger charge is -2.16. The van der Waals surface area contributed by atoms with Gasteiger partial charge in [-0.2, -0.15) is 0 Å². The average Bonchev–Trinajstić information content (AvgIpc) is 3.26. The van der Waals surface area contributed by atoms with E-state index in [0.717, 1.165) is 18.4 Å². The molecule has 2 bridgehead atoms. The molecule has 3 heteroatoms. The second kappa shape index (κ2) is 6.52. The Labute approximate surface area is 141 Å². The van der Waals surface area contributed by atoms with Gasteiger partial charge < -0.3 is 9.47 Å². The highest BCUT2D eigenvalue weighted by Gasteiger charge is 2.40. The number of benzene rings is 2. The van der Waals surface area contributed by atoms with E-state index in [2.05, 4.69) is 24.3 Å². The maximum Gasteiger partial charge on any atom is 0.312 e. The minimum absolute atomic E-state index is 0.0176. The lowest BCUT2D eigenvalue weighted by atomic mass is 9.94. The first-order valence-electron chi connectivity index (χ1n) is 8.43. The number of carbonyl (C=O) groups is 1. The van der Waals surface area contributed by atoms with E-state index in [9.17, 15) is 4.79 Å². The van der Waals surface area contributed by atoms with Crippen molar-refractivity contribution in [2.45, 2.75) is 12.8 Å². The summed E-state index contributed by atoms with van der Waals surface area (Å²) in [6, 6.07) is 18.0. The summed E-state index contributed by atoms with van der Waals surface area (Å²) < 4.78 is 10.8. The van der Waals surface area contributed by atoms with Gasteiger partial charge in [-0.1, -0.05) is 54.6 Å². The van der Waals surface area contributed by atoms with Gasteiger partial charge in [0.1, 0.15) is 5.75 Å². The molecule has 0 spiro atoms. The quantitative estimate of drug-likeness (QED) is 0.464. The molecule has 122 valence electrons. The van der Waals surface area contributed by atoms with Crippen molar-refractivity contribution >= 4 is 5.97 Å². The Morgan fingerprint density at radius 1 is 0.917 bits per heavy atom. The van der Waals surface area contributed by atoms with E-state index in [4.69, 9.17) is 9.47 Å². The molecule has 2 aliphatic carbocycles. The molecule has 24 heavy (non-hydrogen) atoms. The van der Waals surface area contributed by atoms with E-state index in [0.29, 0.717) is 17.6 Å². The maximum atomic E-state index is 12.1. The second-order valence-corrected chi connectivity index (χ2v) is 6.50. The summed E-state index contributed by atoms with van der Waals surface area (Å²) in [5.41, 5.74) is 2.30. The number of ether oxygens (including phenoxy) is 2. The van der Waals surface area contributed by atoms with Gasteiger partial charge in [0.2, 0.25) is 6.79 Å². The molecule has 2 aromatic carbocycles. The summed E-state index contributed by atoms with van der Waals surface area (Å²) in [7, 11) is 0. The number of rotatable bonds is 5. The van der Waals surface area contributed by atoms with Crippen LogP contribution >= 0.6 is 0 Å². The van der Waals surface area contributed by atoms with Crippen molar-refractivity contribution < 1.29 is 14.3 Å².